The van der Waals surface area contributed by atoms with Crippen molar-refractivity contribution in [1.29, 1.82) is 0 Å². The van der Waals surface area contributed by atoms with Gasteiger partial charge in [0.25, 0.3) is 0 Å². The highest BCUT2D eigenvalue weighted by molar-refractivity contribution is 5.67. The minimum absolute atomic E-state index is 0.0465. The van der Waals surface area contributed by atoms with Gasteiger partial charge in [-0.2, -0.15) is 0 Å². The van der Waals surface area contributed by atoms with Crippen molar-refractivity contribution in [1.82, 2.24) is 5.32 Å². The van der Waals surface area contributed by atoms with Crippen LogP contribution in [0.1, 0.15) is 22.3 Å². The van der Waals surface area contributed by atoms with Crippen molar-refractivity contribution in [3.8, 4) is 0 Å². The van der Waals surface area contributed by atoms with Crippen LogP contribution < -0.4 is 5.32 Å². The minimum Gasteiger partial charge on any atom is -0.417 e. The zero-order valence-corrected chi connectivity index (χ0v) is 29.6. The normalized spacial score (nSPS) is 28.3. The Labute approximate surface area is 313 Å². The highest BCUT2D eigenvalue weighted by atomic mass is 16.7. The molecule has 2 aliphatic rings. The molecule has 2 fully saturated rings. The second kappa shape index (κ2) is 19.9. The van der Waals surface area contributed by atoms with Gasteiger partial charge < -0.3 is 53.6 Å². The molecule has 10 atom stereocenters. The third-order valence-electron chi connectivity index (χ3n) is 9.22. The third-order valence-corrected chi connectivity index (χ3v) is 9.22. The van der Waals surface area contributed by atoms with Gasteiger partial charge in [0.2, 0.25) is 6.29 Å². The molecule has 0 aromatic heterocycles. The van der Waals surface area contributed by atoms with Crippen molar-refractivity contribution < 1.29 is 58.4 Å². The Balaban J connectivity index is 1.29. The van der Waals surface area contributed by atoms with E-state index in [1.54, 1.807) is 0 Å². The number of hydrogen-bond acceptors (Lipinski definition) is 12. The first-order chi connectivity index (χ1) is 26.4. The third kappa shape index (κ3) is 10.7. The van der Waals surface area contributed by atoms with Crippen LogP contribution in [0.15, 0.2) is 121 Å². The summed E-state index contributed by atoms with van der Waals surface area (Å²) in [5.74, 6) is 0. The summed E-state index contributed by atoms with van der Waals surface area (Å²) in [5, 5.41) is 43.4. The molecule has 2 saturated heterocycles. The molecule has 0 bridgehead atoms. The first-order valence-corrected chi connectivity index (χ1v) is 17.9. The lowest BCUT2D eigenvalue weighted by Crippen LogP contribution is -2.66. The second-order valence-electron chi connectivity index (χ2n) is 13.1. The van der Waals surface area contributed by atoms with Crippen LogP contribution in [0.3, 0.4) is 0 Å². The number of nitrogens with one attached hydrogen (secondary N) is 1. The molecule has 2 heterocycles. The molecule has 4 aromatic rings. The molecule has 13 nitrogen and oxygen atoms in total. The van der Waals surface area contributed by atoms with Crippen LogP contribution in [-0.4, -0.2) is 101 Å². The van der Waals surface area contributed by atoms with E-state index < -0.39 is 74.0 Å². The van der Waals surface area contributed by atoms with Gasteiger partial charge in [-0.05, 0) is 22.3 Å². The highest BCUT2D eigenvalue weighted by Crippen LogP contribution is 2.31. The largest absolute Gasteiger partial charge is 0.417 e. The Morgan fingerprint density at radius 3 is 1.52 bits per heavy atom. The molecule has 2 aliphatic heterocycles. The van der Waals surface area contributed by atoms with Crippen LogP contribution in [-0.2, 0) is 59.6 Å². The summed E-state index contributed by atoms with van der Waals surface area (Å²) in [4.78, 5) is 13.5. The van der Waals surface area contributed by atoms with E-state index >= 15 is 0 Å². The number of aliphatic hydroxyl groups is 4. The standard InChI is InChI=1S/C41H47NO12/c43-21-31-33(44)34(45)35(46)40(53-31)54-41(47)42-39-38(51-25-30-19-11-4-12-20-30)37(50-24-29-17-9-3-10-18-29)36(49-23-28-15-7-2-8-16-28)32(52-39)26-48-22-27-13-5-1-6-14-27/h1-20,31-40,43-46H,21-26H2,(H,42,47)/t31-,32-,33-,34+,35-,36-,37+,38-,39+,40?/m1/s1. The van der Waals surface area contributed by atoms with Crippen molar-refractivity contribution in [2.45, 2.75) is 87.8 Å². The lowest BCUT2D eigenvalue weighted by atomic mass is 9.97. The fourth-order valence-corrected chi connectivity index (χ4v) is 6.33. The van der Waals surface area contributed by atoms with Gasteiger partial charge >= 0.3 is 6.09 Å². The summed E-state index contributed by atoms with van der Waals surface area (Å²) in [5.41, 5.74) is 3.63. The van der Waals surface area contributed by atoms with Gasteiger partial charge in [-0.25, -0.2) is 4.79 Å². The molecule has 0 saturated carbocycles. The predicted molar refractivity (Wildman–Crippen MR) is 193 cm³/mol. The van der Waals surface area contributed by atoms with E-state index in [4.69, 9.17) is 33.2 Å². The second-order valence-corrected chi connectivity index (χ2v) is 13.1. The molecule has 0 aliphatic carbocycles. The van der Waals surface area contributed by atoms with Crippen LogP contribution in [0.2, 0.25) is 0 Å². The number of carbonyl (C=O) groups is 1. The minimum atomic E-state index is -1.80. The SMILES string of the molecule is O=C(N[C@H]1O[C@H](COCc2ccccc2)[C@@H](OCc2ccccc2)[C@H](OCc2ccccc2)[C@H]1OCc1ccccc1)OC1O[C@H](CO)[C@@H](O)[C@H](O)[C@H]1O. The van der Waals surface area contributed by atoms with E-state index in [0.29, 0.717) is 0 Å². The monoisotopic (exact) mass is 745 g/mol. The van der Waals surface area contributed by atoms with Gasteiger partial charge in [0.05, 0.1) is 39.6 Å². The van der Waals surface area contributed by atoms with E-state index in [1.165, 1.54) is 0 Å². The smallest absolute Gasteiger partial charge is 0.411 e. The first kappa shape index (κ1) is 39.4. The molecule has 0 spiro atoms. The van der Waals surface area contributed by atoms with Crippen LogP contribution >= 0.6 is 0 Å². The molecule has 4 aromatic carbocycles. The maximum Gasteiger partial charge on any atom is 0.411 e. The lowest BCUT2D eigenvalue weighted by molar-refractivity contribution is -0.290. The Hall–Kier alpha value is -4.25. The van der Waals surface area contributed by atoms with Crippen molar-refractivity contribution in [3.05, 3.63) is 144 Å². The van der Waals surface area contributed by atoms with E-state index in [-0.39, 0.29) is 33.0 Å². The number of hydrogen-bond donors (Lipinski definition) is 5. The van der Waals surface area contributed by atoms with E-state index in [1.807, 2.05) is 121 Å². The summed E-state index contributed by atoms with van der Waals surface area (Å²) in [6.45, 7) is 0.167. The van der Waals surface area contributed by atoms with Gasteiger partial charge in [-0.1, -0.05) is 121 Å². The molecule has 13 heteroatoms. The molecule has 54 heavy (non-hydrogen) atoms. The number of benzene rings is 4. The van der Waals surface area contributed by atoms with Gasteiger partial charge in [-0.3, -0.25) is 5.32 Å². The maximum atomic E-state index is 13.5. The van der Waals surface area contributed by atoms with Crippen LogP contribution in [0, 0.1) is 0 Å². The molecule has 288 valence electrons. The predicted octanol–water partition coefficient (Wildman–Crippen LogP) is 3.21. The van der Waals surface area contributed by atoms with Gasteiger partial charge in [0.1, 0.15) is 48.8 Å². The Kier molecular flexibility index (Phi) is 14.5. The van der Waals surface area contributed by atoms with Gasteiger partial charge in [-0.15, -0.1) is 0 Å². The van der Waals surface area contributed by atoms with Crippen LogP contribution in [0.5, 0.6) is 0 Å². The van der Waals surface area contributed by atoms with E-state index in [2.05, 4.69) is 5.32 Å². The molecule has 1 amide bonds. The van der Waals surface area contributed by atoms with E-state index in [0.717, 1.165) is 22.3 Å². The molecule has 1 unspecified atom stereocenters. The Bertz CT molecular complexity index is 1670. The summed E-state index contributed by atoms with van der Waals surface area (Å²) in [7, 11) is 0. The topological polar surface area (TPSA) is 175 Å². The summed E-state index contributed by atoms with van der Waals surface area (Å²) < 4.78 is 43.4. The van der Waals surface area contributed by atoms with Crippen molar-refractivity contribution in [3.63, 3.8) is 0 Å². The molecule has 0 radical (unpaired) electrons. The van der Waals surface area contributed by atoms with Crippen molar-refractivity contribution in [2.24, 2.45) is 0 Å². The van der Waals surface area contributed by atoms with Crippen molar-refractivity contribution >= 4 is 6.09 Å². The Morgan fingerprint density at radius 1 is 0.556 bits per heavy atom. The van der Waals surface area contributed by atoms with E-state index in [9.17, 15) is 25.2 Å². The summed E-state index contributed by atoms with van der Waals surface area (Å²) in [6.07, 6.45) is -13.9. The molecule has 5 N–H and O–H groups in total. The fraction of sp³-hybridized carbons (Fsp3) is 0.390. The average Bonchev–Trinajstić information content (AvgIpc) is 3.21. The van der Waals surface area contributed by atoms with Crippen LogP contribution in [0.4, 0.5) is 4.79 Å². The van der Waals surface area contributed by atoms with Crippen LogP contribution in [0.25, 0.3) is 0 Å². The molecule has 6 rings (SSSR count). The maximum absolute atomic E-state index is 13.5. The molecular weight excluding hydrogens is 698 g/mol. The number of ether oxygens (including phenoxy) is 7. The van der Waals surface area contributed by atoms with Crippen molar-refractivity contribution in [2.75, 3.05) is 13.2 Å². The number of amides is 1. The quantitative estimate of drug-likeness (QED) is 0.114. The average molecular weight is 746 g/mol. The lowest BCUT2D eigenvalue weighted by Gasteiger charge is -2.46. The van der Waals surface area contributed by atoms with Gasteiger partial charge in [0, 0.05) is 0 Å². The fourth-order valence-electron chi connectivity index (χ4n) is 6.33. The first-order valence-electron chi connectivity index (χ1n) is 17.9. The zero-order valence-electron chi connectivity index (χ0n) is 29.6. The highest BCUT2D eigenvalue weighted by Gasteiger charge is 2.50. The number of alkyl carbamates (subject to hydrolysis) is 1. The molecular formula is C41H47NO12. The van der Waals surface area contributed by atoms with Gasteiger partial charge in [0.15, 0.2) is 6.23 Å². The zero-order chi connectivity index (χ0) is 37.7. The Morgan fingerprint density at radius 2 is 1.02 bits per heavy atom. The summed E-state index contributed by atoms with van der Waals surface area (Å²) >= 11 is 0. The summed E-state index contributed by atoms with van der Waals surface area (Å²) in [6, 6.07) is 38.4. The number of carbonyl (C=O) groups excluding carboxylic acids is 1. The number of rotatable bonds is 16. The number of aliphatic hydroxyl groups excluding tert-OH is 4.